The van der Waals surface area contributed by atoms with E-state index in [0.29, 0.717) is 11.4 Å². The molecule has 1 N–H and O–H groups in total. The predicted molar refractivity (Wildman–Crippen MR) is 95.5 cm³/mol. The lowest BCUT2D eigenvalue weighted by atomic mass is 9.89. The fourth-order valence-corrected chi connectivity index (χ4v) is 3.53. The minimum atomic E-state index is -0.0454. The summed E-state index contributed by atoms with van der Waals surface area (Å²) in [6, 6.07) is 11.6. The van der Waals surface area contributed by atoms with Crippen LogP contribution < -0.4 is 5.32 Å². The summed E-state index contributed by atoms with van der Waals surface area (Å²) >= 11 is 6.14. The normalized spacial score (nSPS) is 16.8. The second kappa shape index (κ2) is 5.95. The smallest absolute Gasteiger partial charge is 0.227 e. The van der Waals surface area contributed by atoms with Crippen LogP contribution in [0.3, 0.4) is 0 Å². The number of nitrogens with zero attached hydrogens (tertiary/aromatic N) is 2. The first kappa shape index (κ1) is 15.2. The van der Waals surface area contributed by atoms with Gasteiger partial charge in [-0.25, -0.2) is 4.98 Å². The highest BCUT2D eigenvalue weighted by Crippen LogP contribution is 2.29. The van der Waals surface area contributed by atoms with Crippen molar-refractivity contribution in [1.82, 2.24) is 9.38 Å². The number of fused-ring (bicyclic) bond motifs is 3. The van der Waals surface area contributed by atoms with Gasteiger partial charge < -0.3 is 9.72 Å². The zero-order chi connectivity index (χ0) is 16.7. The Labute approximate surface area is 145 Å². The summed E-state index contributed by atoms with van der Waals surface area (Å²) in [5.74, 6) is 0.00730. The number of amides is 1. The van der Waals surface area contributed by atoms with Gasteiger partial charge in [-0.15, -0.1) is 0 Å². The fourth-order valence-electron chi connectivity index (χ4n) is 3.36. The molecule has 4 rings (SSSR count). The molecule has 0 radical (unpaired) electrons. The lowest BCUT2D eigenvalue weighted by Gasteiger charge is -2.22. The number of carbonyl (C=O) groups excluding carboxylic acids is 1. The van der Waals surface area contributed by atoms with Gasteiger partial charge in [0, 0.05) is 34.9 Å². The number of carbonyl (C=O) groups is 1. The first-order valence-corrected chi connectivity index (χ1v) is 8.52. The first-order chi connectivity index (χ1) is 11.6. The van der Waals surface area contributed by atoms with Gasteiger partial charge in [-0.3, -0.25) is 4.79 Å². The lowest BCUT2D eigenvalue weighted by Crippen LogP contribution is -2.28. The first-order valence-electron chi connectivity index (χ1n) is 8.14. The Bertz CT molecular complexity index is 932. The fraction of sp³-hybridized carbons (Fsp3) is 0.263. The van der Waals surface area contributed by atoms with Gasteiger partial charge in [0.25, 0.3) is 0 Å². The molecule has 122 valence electrons. The molecule has 1 aromatic carbocycles. The van der Waals surface area contributed by atoms with E-state index in [1.54, 1.807) is 0 Å². The third-order valence-electron chi connectivity index (χ3n) is 4.78. The zero-order valence-corrected chi connectivity index (χ0v) is 14.2. The summed E-state index contributed by atoms with van der Waals surface area (Å²) in [5.41, 5.74) is 4.91. The van der Waals surface area contributed by atoms with E-state index in [2.05, 4.69) is 14.7 Å². The number of pyridine rings is 1. The maximum atomic E-state index is 12.7. The van der Waals surface area contributed by atoms with E-state index >= 15 is 0 Å². The average molecular weight is 340 g/mol. The highest BCUT2D eigenvalue weighted by molar-refractivity contribution is 6.31. The molecule has 0 saturated carbocycles. The topological polar surface area (TPSA) is 46.4 Å². The van der Waals surface area contributed by atoms with E-state index < -0.39 is 0 Å². The molecule has 2 heterocycles. The van der Waals surface area contributed by atoms with Crippen LogP contribution in [-0.2, 0) is 17.6 Å². The molecule has 1 amide bonds. The summed E-state index contributed by atoms with van der Waals surface area (Å²) in [4.78, 5) is 17.4. The Morgan fingerprint density at radius 3 is 3.04 bits per heavy atom. The summed E-state index contributed by atoms with van der Waals surface area (Å²) in [6.45, 7) is 1.92. The van der Waals surface area contributed by atoms with Crippen LogP contribution in [0.5, 0.6) is 0 Å². The monoisotopic (exact) mass is 339 g/mol. The largest absolute Gasteiger partial charge is 0.326 e. The Balaban J connectivity index is 1.58. The van der Waals surface area contributed by atoms with Crippen LogP contribution in [0.2, 0.25) is 5.02 Å². The Kier molecular flexibility index (Phi) is 3.77. The molecule has 1 atom stereocenters. The van der Waals surface area contributed by atoms with Crippen LogP contribution in [0.4, 0.5) is 5.69 Å². The summed E-state index contributed by atoms with van der Waals surface area (Å²) in [7, 11) is 0. The molecule has 0 aliphatic heterocycles. The molecular weight excluding hydrogens is 322 g/mol. The second-order valence-corrected chi connectivity index (χ2v) is 6.68. The molecule has 1 aliphatic rings. The Morgan fingerprint density at radius 2 is 2.17 bits per heavy atom. The molecule has 24 heavy (non-hydrogen) atoms. The van der Waals surface area contributed by atoms with Crippen molar-refractivity contribution in [1.29, 1.82) is 0 Å². The molecule has 0 spiro atoms. The highest BCUT2D eigenvalue weighted by atomic mass is 35.5. The van der Waals surface area contributed by atoms with Crippen LogP contribution in [0.25, 0.3) is 5.65 Å². The highest BCUT2D eigenvalue weighted by Gasteiger charge is 2.28. The summed E-state index contributed by atoms with van der Waals surface area (Å²) in [5, 5.41) is 3.71. The van der Waals surface area contributed by atoms with E-state index in [0.717, 1.165) is 41.1 Å². The molecule has 2 aromatic heterocycles. The number of imidazole rings is 1. The van der Waals surface area contributed by atoms with Gasteiger partial charge in [-0.1, -0.05) is 23.7 Å². The van der Waals surface area contributed by atoms with Crippen molar-refractivity contribution in [3.63, 3.8) is 0 Å². The molecule has 1 aliphatic carbocycles. The lowest BCUT2D eigenvalue weighted by molar-refractivity contribution is -0.120. The van der Waals surface area contributed by atoms with Gasteiger partial charge in [-0.2, -0.15) is 0 Å². The van der Waals surface area contributed by atoms with Crippen molar-refractivity contribution in [3.05, 3.63) is 64.6 Å². The van der Waals surface area contributed by atoms with Crippen LogP contribution in [0, 0.1) is 12.8 Å². The van der Waals surface area contributed by atoms with Gasteiger partial charge in [0.15, 0.2) is 0 Å². The number of nitrogens with one attached hydrogen (secondary N) is 1. The van der Waals surface area contributed by atoms with Crippen molar-refractivity contribution in [2.45, 2.75) is 26.2 Å². The minimum Gasteiger partial charge on any atom is -0.326 e. The molecular formula is C19H18ClN3O. The molecule has 1 unspecified atom stereocenters. The third-order valence-corrected chi connectivity index (χ3v) is 5.19. The molecule has 0 fully saturated rings. The van der Waals surface area contributed by atoms with E-state index in [9.17, 15) is 4.79 Å². The van der Waals surface area contributed by atoms with Gasteiger partial charge in [0.05, 0.1) is 5.69 Å². The van der Waals surface area contributed by atoms with Crippen LogP contribution >= 0.6 is 11.6 Å². The number of aromatic nitrogens is 2. The van der Waals surface area contributed by atoms with Crippen molar-refractivity contribution in [2.24, 2.45) is 5.92 Å². The van der Waals surface area contributed by atoms with Crippen LogP contribution in [-0.4, -0.2) is 15.3 Å². The number of hydrogen-bond acceptors (Lipinski definition) is 2. The van der Waals surface area contributed by atoms with Gasteiger partial charge >= 0.3 is 0 Å². The molecule has 0 bridgehead atoms. The number of rotatable bonds is 2. The van der Waals surface area contributed by atoms with Gasteiger partial charge in [0.1, 0.15) is 5.65 Å². The molecule has 5 heteroatoms. The number of aryl methyl sites for hydroxylation is 1. The minimum absolute atomic E-state index is 0.0454. The average Bonchev–Trinajstić information content (AvgIpc) is 2.96. The van der Waals surface area contributed by atoms with E-state index in [4.69, 9.17) is 11.6 Å². The predicted octanol–water partition coefficient (Wildman–Crippen LogP) is 4.04. The Hall–Kier alpha value is -2.33. The van der Waals surface area contributed by atoms with Crippen molar-refractivity contribution < 1.29 is 4.79 Å². The van der Waals surface area contributed by atoms with Crippen molar-refractivity contribution in [3.8, 4) is 0 Å². The third kappa shape index (κ3) is 2.57. The van der Waals surface area contributed by atoms with E-state index in [1.165, 1.54) is 0 Å². The SMILES string of the molecule is Cc1c(Cl)cccc1NC(=O)C1CCc2nc3ccccn3c2C1. The quantitative estimate of drug-likeness (QED) is 0.766. The van der Waals surface area contributed by atoms with Crippen LogP contribution in [0.15, 0.2) is 42.6 Å². The summed E-state index contributed by atoms with van der Waals surface area (Å²) < 4.78 is 2.10. The standard InChI is InChI=1S/C19H18ClN3O/c1-12-14(20)5-4-6-15(12)22-19(24)13-8-9-16-17(11-13)23-10-3-2-7-18(23)21-16/h2-7,10,13H,8-9,11H2,1H3,(H,22,24). The van der Waals surface area contributed by atoms with E-state index in [-0.39, 0.29) is 11.8 Å². The Morgan fingerprint density at radius 1 is 1.29 bits per heavy atom. The zero-order valence-electron chi connectivity index (χ0n) is 13.4. The second-order valence-electron chi connectivity index (χ2n) is 6.28. The van der Waals surface area contributed by atoms with Gasteiger partial charge in [0.2, 0.25) is 5.91 Å². The maximum Gasteiger partial charge on any atom is 0.227 e. The molecule has 4 nitrogen and oxygen atoms in total. The summed E-state index contributed by atoms with van der Waals surface area (Å²) in [6.07, 6.45) is 4.39. The molecule has 0 saturated heterocycles. The molecule has 3 aromatic rings. The number of halogens is 1. The van der Waals surface area contributed by atoms with Gasteiger partial charge in [-0.05, 0) is 49.6 Å². The number of benzene rings is 1. The van der Waals surface area contributed by atoms with E-state index in [1.807, 2.05) is 49.5 Å². The van der Waals surface area contributed by atoms with Crippen molar-refractivity contribution >= 4 is 28.8 Å². The maximum absolute atomic E-state index is 12.7. The van der Waals surface area contributed by atoms with Crippen molar-refractivity contribution in [2.75, 3.05) is 5.32 Å². The number of anilines is 1. The number of hydrogen-bond donors (Lipinski definition) is 1. The van der Waals surface area contributed by atoms with Crippen LogP contribution in [0.1, 0.15) is 23.4 Å².